The quantitative estimate of drug-likeness (QED) is 0.605. The van der Waals surface area contributed by atoms with E-state index < -0.39 is 12.1 Å². The molecule has 1 saturated heterocycles. The summed E-state index contributed by atoms with van der Waals surface area (Å²) in [6, 6.07) is 17.4. The third-order valence-electron chi connectivity index (χ3n) is 5.28. The van der Waals surface area contributed by atoms with Crippen molar-refractivity contribution in [2.75, 3.05) is 11.9 Å². The number of hydrogen-bond donors (Lipinski definition) is 1. The molecule has 1 aromatic heterocycles. The van der Waals surface area contributed by atoms with Crippen molar-refractivity contribution >= 4 is 28.5 Å². The van der Waals surface area contributed by atoms with Gasteiger partial charge in [-0.05, 0) is 30.9 Å². The summed E-state index contributed by atoms with van der Waals surface area (Å²) < 4.78 is 5.42. The van der Waals surface area contributed by atoms with Gasteiger partial charge in [-0.3, -0.25) is 9.69 Å². The number of ether oxygens (including phenoxy) is 1. The fourth-order valence-electron chi connectivity index (χ4n) is 3.60. The van der Waals surface area contributed by atoms with E-state index in [1.54, 1.807) is 6.20 Å². The van der Waals surface area contributed by atoms with Crippen molar-refractivity contribution in [3.63, 3.8) is 0 Å². The van der Waals surface area contributed by atoms with Gasteiger partial charge in [0.25, 0.3) is 0 Å². The SMILES string of the molecule is Cc1ccc(Cc2cnc(NC(=O)C3CCCN3C(=O)OCc3ccccc3)s2)cc1. The Hall–Kier alpha value is -3.19. The molecule has 0 saturated carbocycles. The molecule has 31 heavy (non-hydrogen) atoms. The van der Waals surface area contributed by atoms with Crippen molar-refractivity contribution in [3.05, 3.63) is 82.4 Å². The smallest absolute Gasteiger partial charge is 0.410 e. The van der Waals surface area contributed by atoms with Crippen LogP contribution in [-0.4, -0.2) is 34.5 Å². The Labute approximate surface area is 185 Å². The van der Waals surface area contributed by atoms with Crippen LogP contribution in [0.1, 0.15) is 34.4 Å². The molecule has 1 fully saturated rings. The number of benzene rings is 2. The number of thiazole rings is 1. The van der Waals surface area contributed by atoms with Crippen molar-refractivity contribution in [3.8, 4) is 0 Å². The lowest BCUT2D eigenvalue weighted by atomic mass is 10.1. The monoisotopic (exact) mass is 435 g/mol. The molecule has 7 heteroatoms. The summed E-state index contributed by atoms with van der Waals surface area (Å²) in [5, 5.41) is 3.43. The van der Waals surface area contributed by atoms with Crippen LogP contribution in [0.15, 0.2) is 60.8 Å². The predicted octanol–water partition coefficient (Wildman–Crippen LogP) is 4.78. The van der Waals surface area contributed by atoms with Crippen LogP contribution in [0, 0.1) is 6.92 Å². The minimum atomic E-state index is -0.535. The normalized spacial score (nSPS) is 15.6. The van der Waals surface area contributed by atoms with Gasteiger partial charge < -0.3 is 10.1 Å². The Balaban J connectivity index is 1.32. The van der Waals surface area contributed by atoms with E-state index in [2.05, 4.69) is 41.5 Å². The summed E-state index contributed by atoms with van der Waals surface area (Å²) >= 11 is 1.46. The third kappa shape index (κ3) is 5.49. The second-order valence-electron chi connectivity index (χ2n) is 7.67. The average molecular weight is 436 g/mol. The van der Waals surface area contributed by atoms with E-state index in [0.717, 1.165) is 23.3 Å². The van der Waals surface area contributed by atoms with Gasteiger partial charge in [0.15, 0.2) is 5.13 Å². The number of nitrogens with zero attached hydrogens (tertiary/aromatic N) is 2. The maximum Gasteiger partial charge on any atom is 0.410 e. The highest BCUT2D eigenvalue weighted by Crippen LogP contribution is 2.24. The molecule has 2 aromatic carbocycles. The molecule has 6 nitrogen and oxygen atoms in total. The second-order valence-corrected chi connectivity index (χ2v) is 8.79. The van der Waals surface area contributed by atoms with Crippen LogP contribution in [0.5, 0.6) is 0 Å². The van der Waals surface area contributed by atoms with Crippen LogP contribution in [0.4, 0.5) is 9.93 Å². The highest BCUT2D eigenvalue weighted by atomic mass is 32.1. The second kappa shape index (κ2) is 9.75. The van der Waals surface area contributed by atoms with E-state index in [-0.39, 0.29) is 12.5 Å². The highest BCUT2D eigenvalue weighted by molar-refractivity contribution is 7.15. The molecule has 0 radical (unpaired) electrons. The molecule has 0 spiro atoms. The highest BCUT2D eigenvalue weighted by Gasteiger charge is 2.35. The lowest BCUT2D eigenvalue weighted by Gasteiger charge is -2.22. The molecule has 1 aliphatic rings. The number of likely N-dealkylation sites (tertiary alicyclic amines) is 1. The fraction of sp³-hybridized carbons (Fsp3) is 0.292. The predicted molar refractivity (Wildman–Crippen MR) is 121 cm³/mol. The van der Waals surface area contributed by atoms with Gasteiger partial charge in [0, 0.05) is 24.0 Å². The minimum absolute atomic E-state index is 0.194. The molecular weight excluding hydrogens is 410 g/mol. The zero-order valence-electron chi connectivity index (χ0n) is 17.4. The van der Waals surface area contributed by atoms with Crippen LogP contribution in [-0.2, 0) is 22.6 Å². The number of rotatable bonds is 6. The molecule has 3 aromatic rings. The van der Waals surface area contributed by atoms with Crippen molar-refractivity contribution in [2.45, 2.75) is 38.8 Å². The van der Waals surface area contributed by atoms with E-state index in [1.807, 2.05) is 30.3 Å². The van der Waals surface area contributed by atoms with E-state index >= 15 is 0 Å². The minimum Gasteiger partial charge on any atom is -0.445 e. The Morgan fingerprint density at radius 1 is 1.13 bits per heavy atom. The van der Waals surface area contributed by atoms with Crippen molar-refractivity contribution in [1.82, 2.24) is 9.88 Å². The lowest BCUT2D eigenvalue weighted by Crippen LogP contribution is -2.43. The lowest BCUT2D eigenvalue weighted by molar-refractivity contribution is -0.120. The molecule has 0 bridgehead atoms. The largest absolute Gasteiger partial charge is 0.445 e. The number of carbonyl (C=O) groups excluding carboxylic acids is 2. The molecule has 160 valence electrons. The Kier molecular flexibility index (Phi) is 6.62. The van der Waals surface area contributed by atoms with Gasteiger partial charge in [0.2, 0.25) is 5.91 Å². The Bertz CT molecular complexity index is 1030. The van der Waals surface area contributed by atoms with E-state index in [0.29, 0.717) is 18.1 Å². The van der Waals surface area contributed by atoms with Crippen LogP contribution in [0.3, 0.4) is 0 Å². The van der Waals surface area contributed by atoms with E-state index in [1.165, 1.54) is 27.4 Å². The van der Waals surface area contributed by atoms with Crippen molar-refractivity contribution < 1.29 is 14.3 Å². The van der Waals surface area contributed by atoms with Gasteiger partial charge in [0.05, 0.1) is 0 Å². The Morgan fingerprint density at radius 2 is 1.90 bits per heavy atom. The number of hydrogen-bond acceptors (Lipinski definition) is 5. The number of aromatic nitrogens is 1. The number of carbonyl (C=O) groups is 2. The van der Waals surface area contributed by atoms with Crippen LogP contribution in [0.25, 0.3) is 0 Å². The molecule has 0 aliphatic carbocycles. The first kappa shape index (κ1) is 21.1. The number of amides is 2. The summed E-state index contributed by atoms with van der Waals surface area (Å²) in [7, 11) is 0. The molecule has 1 atom stereocenters. The van der Waals surface area contributed by atoms with Crippen molar-refractivity contribution in [1.29, 1.82) is 0 Å². The maximum absolute atomic E-state index is 12.8. The summed E-state index contributed by atoms with van der Waals surface area (Å²) in [6.45, 7) is 2.77. The summed E-state index contributed by atoms with van der Waals surface area (Å²) in [5.41, 5.74) is 3.35. The van der Waals surface area contributed by atoms with Crippen LogP contribution >= 0.6 is 11.3 Å². The molecule has 2 heterocycles. The molecule has 1 unspecified atom stereocenters. The number of nitrogens with one attached hydrogen (secondary N) is 1. The zero-order chi connectivity index (χ0) is 21.6. The summed E-state index contributed by atoms with van der Waals surface area (Å²) in [4.78, 5) is 32.3. The number of aryl methyl sites for hydroxylation is 1. The molecule has 2 amide bonds. The van der Waals surface area contributed by atoms with E-state index in [9.17, 15) is 9.59 Å². The van der Waals surface area contributed by atoms with Gasteiger partial charge in [-0.15, -0.1) is 11.3 Å². The Morgan fingerprint density at radius 3 is 2.68 bits per heavy atom. The average Bonchev–Trinajstić information content (AvgIpc) is 3.44. The van der Waals surface area contributed by atoms with Gasteiger partial charge >= 0.3 is 6.09 Å². The standard InChI is InChI=1S/C24H25N3O3S/c1-17-9-11-18(12-10-17)14-20-15-25-23(31-20)26-22(28)21-8-5-13-27(21)24(29)30-16-19-6-3-2-4-7-19/h2-4,6-7,9-12,15,21H,5,8,13-14,16H2,1H3,(H,25,26,28). The van der Waals surface area contributed by atoms with E-state index in [4.69, 9.17) is 4.74 Å². The molecule has 1 aliphatic heterocycles. The number of anilines is 1. The van der Waals surface area contributed by atoms with Crippen LogP contribution < -0.4 is 5.32 Å². The third-order valence-corrected chi connectivity index (χ3v) is 6.19. The topological polar surface area (TPSA) is 71.5 Å². The van der Waals surface area contributed by atoms with Gasteiger partial charge in [-0.25, -0.2) is 9.78 Å². The van der Waals surface area contributed by atoms with Crippen LogP contribution in [0.2, 0.25) is 0 Å². The van der Waals surface area contributed by atoms with Gasteiger partial charge in [-0.2, -0.15) is 0 Å². The van der Waals surface area contributed by atoms with Gasteiger partial charge in [-0.1, -0.05) is 60.2 Å². The molecule has 1 N–H and O–H groups in total. The zero-order valence-corrected chi connectivity index (χ0v) is 18.2. The fourth-order valence-corrected chi connectivity index (χ4v) is 4.45. The molecular formula is C24H25N3O3S. The summed E-state index contributed by atoms with van der Waals surface area (Å²) in [6.07, 6.45) is 3.50. The first-order chi connectivity index (χ1) is 15.1. The maximum atomic E-state index is 12.8. The first-order valence-electron chi connectivity index (χ1n) is 10.4. The van der Waals surface area contributed by atoms with Crippen molar-refractivity contribution in [2.24, 2.45) is 0 Å². The molecule has 4 rings (SSSR count). The first-order valence-corrected chi connectivity index (χ1v) is 11.2. The van der Waals surface area contributed by atoms with Gasteiger partial charge in [0.1, 0.15) is 12.6 Å². The summed E-state index contributed by atoms with van der Waals surface area (Å²) in [5.74, 6) is -0.217.